The lowest BCUT2D eigenvalue weighted by atomic mass is 10.1. The fraction of sp³-hybridized carbons (Fsp3) is 0.625. The molecule has 0 aromatic heterocycles. The van der Waals surface area contributed by atoms with Crippen LogP contribution in [-0.4, -0.2) is 32.9 Å². The zero-order valence-electron chi connectivity index (χ0n) is 13.4. The normalized spacial score (nSPS) is 12.9. The van der Waals surface area contributed by atoms with Gasteiger partial charge in [0.2, 0.25) is 5.75 Å². The fourth-order valence-corrected chi connectivity index (χ4v) is 1.72. The van der Waals surface area contributed by atoms with Gasteiger partial charge in [0.15, 0.2) is 11.5 Å². The maximum atomic E-state index is 5.89. The zero-order chi connectivity index (χ0) is 15.2. The molecule has 1 N–H and O–H groups in total. The Hall–Kier alpha value is -1.42. The van der Waals surface area contributed by atoms with Crippen molar-refractivity contribution >= 4 is 0 Å². The van der Waals surface area contributed by atoms with Crippen LogP contribution in [0, 0.1) is 5.92 Å². The van der Waals surface area contributed by atoms with E-state index in [0.717, 1.165) is 6.54 Å². The molecule has 4 nitrogen and oxygen atoms in total. The average molecular weight is 281 g/mol. The Labute approximate surface area is 122 Å². The molecule has 0 aliphatic heterocycles. The number of rotatable bonds is 7. The topological polar surface area (TPSA) is 39.7 Å². The first-order valence-electron chi connectivity index (χ1n) is 6.96. The predicted octanol–water partition coefficient (Wildman–Crippen LogP) is 3.11. The smallest absolute Gasteiger partial charge is 0.203 e. The molecule has 1 atom stereocenters. The van der Waals surface area contributed by atoms with Crippen LogP contribution in [0.2, 0.25) is 0 Å². The third-order valence-electron chi connectivity index (χ3n) is 2.88. The van der Waals surface area contributed by atoms with Crippen LogP contribution < -0.4 is 19.5 Å². The summed E-state index contributed by atoms with van der Waals surface area (Å²) in [7, 11) is 3.26. The maximum absolute atomic E-state index is 5.89. The lowest BCUT2D eigenvalue weighted by Gasteiger charge is -2.24. The van der Waals surface area contributed by atoms with E-state index in [1.807, 2.05) is 18.2 Å². The quantitative estimate of drug-likeness (QED) is 0.833. The number of para-hydroxylation sites is 1. The Morgan fingerprint density at radius 3 is 2.10 bits per heavy atom. The predicted molar refractivity (Wildman–Crippen MR) is 82.0 cm³/mol. The summed E-state index contributed by atoms with van der Waals surface area (Å²) in [4.78, 5) is 0. The second-order valence-electron chi connectivity index (χ2n) is 6.04. The molecular weight excluding hydrogens is 254 g/mol. The maximum Gasteiger partial charge on any atom is 0.203 e. The molecule has 114 valence electrons. The van der Waals surface area contributed by atoms with Gasteiger partial charge in [0.1, 0.15) is 0 Å². The SMILES string of the molecule is COc1cccc(OC)c1OCC(C)CNC(C)(C)C. The lowest BCUT2D eigenvalue weighted by molar-refractivity contribution is 0.225. The summed E-state index contributed by atoms with van der Waals surface area (Å²) in [6.07, 6.45) is 0. The van der Waals surface area contributed by atoms with Gasteiger partial charge in [-0.2, -0.15) is 0 Å². The molecule has 0 aliphatic carbocycles. The van der Waals surface area contributed by atoms with Crippen molar-refractivity contribution in [3.8, 4) is 17.2 Å². The summed E-state index contributed by atoms with van der Waals surface area (Å²) < 4.78 is 16.5. The van der Waals surface area contributed by atoms with Crippen LogP contribution in [-0.2, 0) is 0 Å². The minimum Gasteiger partial charge on any atom is -0.493 e. The minimum atomic E-state index is 0.121. The Bertz CT molecular complexity index is 390. The molecule has 0 amide bonds. The average Bonchev–Trinajstić information content (AvgIpc) is 2.41. The van der Waals surface area contributed by atoms with Crippen molar-refractivity contribution in [3.63, 3.8) is 0 Å². The standard InChI is InChI=1S/C16H27NO3/c1-12(10-17-16(2,3)4)11-20-15-13(18-5)8-7-9-14(15)19-6/h7-9,12,17H,10-11H2,1-6H3. The van der Waals surface area contributed by atoms with E-state index in [1.54, 1.807) is 14.2 Å². The van der Waals surface area contributed by atoms with Crippen LogP contribution in [0.4, 0.5) is 0 Å². The van der Waals surface area contributed by atoms with E-state index >= 15 is 0 Å². The summed E-state index contributed by atoms with van der Waals surface area (Å²) in [5, 5.41) is 3.47. The van der Waals surface area contributed by atoms with Crippen LogP contribution in [0.5, 0.6) is 17.2 Å². The van der Waals surface area contributed by atoms with Gasteiger partial charge in [0.05, 0.1) is 20.8 Å². The Morgan fingerprint density at radius 2 is 1.65 bits per heavy atom. The van der Waals surface area contributed by atoms with E-state index < -0.39 is 0 Å². The number of hydrogen-bond acceptors (Lipinski definition) is 4. The third kappa shape index (κ3) is 5.29. The molecule has 20 heavy (non-hydrogen) atoms. The van der Waals surface area contributed by atoms with E-state index in [-0.39, 0.29) is 5.54 Å². The van der Waals surface area contributed by atoms with Gasteiger partial charge in [-0.25, -0.2) is 0 Å². The second-order valence-corrected chi connectivity index (χ2v) is 6.04. The Kier molecular flexibility index (Phi) is 6.14. The summed E-state index contributed by atoms with van der Waals surface area (Å²) in [6.45, 7) is 10.1. The van der Waals surface area contributed by atoms with Gasteiger partial charge in [-0.15, -0.1) is 0 Å². The van der Waals surface area contributed by atoms with Gasteiger partial charge in [-0.05, 0) is 32.9 Å². The van der Waals surface area contributed by atoms with E-state index in [2.05, 4.69) is 33.0 Å². The first-order valence-corrected chi connectivity index (χ1v) is 6.96. The molecule has 4 heteroatoms. The van der Waals surface area contributed by atoms with Gasteiger partial charge in [-0.3, -0.25) is 0 Å². The largest absolute Gasteiger partial charge is 0.493 e. The molecule has 0 saturated carbocycles. The highest BCUT2D eigenvalue weighted by atomic mass is 16.5. The van der Waals surface area contributed by atoms with E-state index in [0.29, 0.717) is 29.8 Å². The molecule has 1 rings (SSSR count). The van der Waals surface area contributed by atoms with Crippen LogP contribution in [0.15, 0.2) is 18.2 Å². The highest BCUT2D eigenvalue weighted by Gasteiger charge is 2.15. The molecule has 1 aromatic carbocycles. The molecule has 0 radical (unpaired) electrons. The minimum absolute atomic E-state index is 0.121. The van der Waals surface area contributed by atoms with Crippen molar-refractivity contribution in [1.29, 1.82) is 0 Å². The van der Waals surface area contributed by atoms with E-state index in [1.165, 1.54) is 0 Å². The van der Waals surface area contributed by atoms with E-state index in [4.69, 9.17) is 14.2 Å². The molecule has 1 unspecified atom stereocenters. The van der Waals surface area contributed by atoms with Crippen molar-refractivity contribution in [2.45, 2.75) is 33.2 Å². The zero-order valence-corrected chi connectivity index (χ0v) is 13.4. The van der Waals surface area contributed by atoms with Crippen molar-refractivity contribution in [1.82, 2.24) is 5.32 Å². The Morgan fingerprint density at radius 1 is 1.10 bits per heavy atom. The molecule has 0 aliphatic rings. The van der Waals surface area contributed by atoms with Crippen LogP contribution in [0.1, 0.15) is 27.7 Å². The second kappa shape index (κ2) is 7.39. The first kappa shape index (κ1) is 16.6. The number of methoxy groups -OCH3 is 2. The molecule has 0 bridgehead atoms. The summed E-state index contributed by atoms with van der Waals surface area (Å²) in [5.74, 6) is 2.45. The van der Waals surface area contributed by atoms with Crippen LogP contribution >= 0.6 is 0 Å². The first-order chi connectivity index (χ1) is 9.37. The monoisotopic (exact) mass is 281 g/mol. The van der Waals surface area contributed by atoms with Crippen LogP contribution in [0.25, 0.3) is 0 Å². The summed E-state index contributed by atoms with van der Waals surface area (Å²) >= 11 is 0. The third-order valence-corrected chi connectivity index (χ3v) is 2.88. The van der Waals surface area contributed by atoms with Crippen molar-refractivity contribution in [2.75, 3.05) is 27.4 Å². The number of ether oxygens (including phenoxy) is 3. The van der Waals surface area contributed by atoms with Crippen molar-refractivity contribution in [2.24, 2.45) is 5.92 Å². The van der Waals surface area contributed by atoms with Gasteiger partial charge in [-0.1, -0.05) is 13.0 Å². The highest BCUT2D eigenvalue weighted by molar-refractivity contribution is 5.51. The van der Waals surface area contributed by atoms with Gasteiger partial charge >= 0.3 is 0 Å². The lowest BCUT2D eigenvalue weighted by Crippen LogP contribution is -2.39. The van der Waals surface area contributed by atoms with Crippen LogP contribution in [0.3, 0.4) is 0 Å². The van der Waals surface area contributed by atoms with Gasteiger partial charge in [0.25, 0.3) is 0 Å². The number of benzene rings is 1. The fourth-order valence-electron chi connectivity index (χ4n) is 1.72. The van der Waals surface area contributed by atoms with Gasteiger partial charge in [0, 0.05) is 18.0 Å². The van der Waals surface area contributed by atoms with Gasteiger partial charge < -0.3 is 19.5 Å². The van der Waals surface area contributed by atoms with Crippen molar-refractivity contribution in [3.05, 3.63) is 18.2 Å². The molecule has 0 fully saturated rings. The molecule has 0 spiro atoms. The molecule has 0 saturated heterocycles. The van der Waals surface area contributed by atoms with E-state index in [9.17, 15) is 0 Å². The molecule has 1 aromatic rings. The molecule has 0 heterocycles. The molecular formula is C16H27NO3. The Balaban J connectivity index is 2.60. The number of nitrogens with one attached hydrogen (secondary N) is 1. The summed E-state index contributed by atoms with van der Waals surface area (Å²) in [5.41, 5.74) is 0.121. The number of hydrogen-bond donors (Lipinski definition) is 1. The van der Waals surface area contributed by atoms with Crippen molar-refractivity contribution < 1.29 is 14.2 Å². The highest BCUT2D eigenvalue weighted by Crippen LogP contribution is 2.36. The summed E-state index contributed by atoms with van der Waals surface area (Å²) in [6, 6.07) is 5.63.